The third-order valence-corrected chi connectivity index (χ3v) is 11.1. The van der Waals surface area contributed by atoms with Crippen molar-refractivity contribution in [3.8, 4) is 0 Å². The number of nitrogens with zero attached hydrogens (tertiary/aromatic N) is 6. The Balaban J connectivity index is 1.18. The fourth-order valence-electron chi connectivity index (χ4n) is 5.38. The summed E-state index contributed by atoms with van der Waals surface area (Å²) in [6, 6.07) is 0. The highest BCUT2D eigenvalue weighted by molar-refractivity contribution is 8.60. The van der Waals surface area contributed by atoms with E-state index >= 15 is 4.39 Å². The standard InChI is InChI=1S/C21H23FN8O9P2S3/c22-12-15-11(37-20(12)29-6-25-13-9(31)1-2-24-16(13)29)5-35-41(43,44)38-10-3-8(4-34-40(33,42)39-15)36-19(10)30-7-26-14-17(30)27-21(23)28-18(14)32/h2,6-8,10-12,15,19-20H,1,3-5H2,(H,33,42)(H,43,44)(H3,23,27,28,32)/t8-,10+,11-,12-,15+,19+,20+,40?/m0/s1. The Kier molecular flexibility index (Phi) is 7.91. The number of nitrogen functional groups attached to an aromatic ring is 1. The van der Waals surface area contributed by atoms with Gasteiger partial charge in [0.25, 0.3) is 5.56 Å². The topological polar surface area (TPSA) is 212 Å². The first kappa shape index (κ1) is 30.6. The zero-order valence-corrected chi connectivity index (χ0v) is 26.4. The van der Waals surface area contributed by atoms with Gasteiger partial charge in [-0.2, -0.15) is 4.98 Å². The van der Waals surface area contributed by atoms with Crippen LogP contribution in [0.5, 0.6) is 0 Å². The summed E-state index contributed by atoms with van der Waals surface area (Å²) < 4.78 is 54.1. The van der Waals surface area contributed by atoms with Crippen LogP contribution in [0.1, 0.15) is 35.8 Å². The number of nitrogens with two attached hydrogens (primary N) is 1. The predicted molar refractivity (Wildman–Crippen MR) is 161 cm³/mol. The van der Waals surface area contributed by atoms with Crippen LogP contribution in [0, 0.1) is 0 Å². The van der Waals surface area contributed by atoms with E-state index in [0.29, 0.717) is 0 Å². The molecular weight excluding hydrogens is 685 g/mol. The highest BCUT2D eigenvalue weighted by Gasteiger charge is 2.51. The van der Waals surface area contributed by atoms with Gasteiger partial charge in [0.15, 0.2) is 47.1 Å². The Morgan fingerprint density at radius 2 is 1.89 bits per heavy atom. The molecule has 3 aromatic rings. The Morgan fingerprint density at radius 1 is 1.09 bits per heavy atom. The van der Waals surface area contributed by atoms with Gasteiger partial charge in [-0.3, -0.25) is 28.2 Å². The zero-order chi connectivity index (χ0) is 31.0. The number of fused-ring (bicyclic) bond motifs is 5. The number of hydrogen-bond donors (Lipinski definition) is 4. The Hall–Kier alpha value is -2.00. The number of carbonyl (C=O) groups excluding carboxylic acids is 1. The number of rotatable bonds is 2. The first-order valence-corrected chi connectivity index (χ1v) is 19.4. The molecule has 3 aromatic heterocycles. The van der Waals surface area contributed by atoms with E-state index < -0.39 is 61.0 Å². The molecule has 0 saturated carbocycles. The van der Waals surface area contributed by atoms with Gasteiger partial charge in [-0.1, -0.05) is 12.2 Å². The lowest BCUT2D eigenvalue weighted by Crippen LogP contribution is -2.34. The number of halogens is 1. The van der Waals surface area contributed by atoms with Crippen molar-refractivity contribution in [1.29, 1.82) is 0 Å². The molecule has 3 fully saturated rings. The average Bonchev–Trinajstić information content (AvgIpc) is 3.72. The molecule has 7 heterocycles. The number of hydrogen-bond acceptors (Lipinski definition) is 15. The van der Waals surface area contributed by atoms with Gasteiger partial charge in [-0.05, 0) is 23.6 Å². The number of imidazole rings is 2. The second-order valence-corrected chi connectivity index (χ2v) is 18.2. The van der Waals surface area contributed by atoms with Crippen molar-refractivity contribution in [3.05, 3.63) is 28.7 Å². The molecule has 4 aliphatic rings. The minimum atomic E-state index is -4.09. The SMILES string of the molecule is Nc1nc2c(ncn2[C@@H]2O[C@@H]3COP(O)(=S)O[C@H]4[C@H](F)[C@H](n5cnc6c5N=CCC6=O)O[C@H]4COP(=S)(S)O[C@@H]2C3)c(=O)[nH]1. The Bertz CT molecular complexity index is 1840. The molecule has 0 radical (unpaired) electrons. The van der Waals surface area contributed by atoms with Crippen molar-refractivity contribution in [2.24, 2.45) is 4.99 Å². The van der Waals surface area contributed by atoms with Crippen molar-refractivity contribution in [1.82, 2.24) is 29.1 Å². The number of alkyl halides is 1. The number of Topliss-reactive ketones (excluding diaryl/α,β-unsaturated/α-hetero) is 1. The molecule has 17 nitrogen and oxygen atoms in total. The number of nitrogens with one attached hydrogen (secondary N) is 1. The fourth-order valence-corrected chi connectivity index (χ4v) is 8.84. The number of aromatic nitrogens is 6. The summed E-state index contributed by atoms with van der Waals surface area (Å²) in [6.45, 7) is -4.74. The Morgan fingerprint density at radius 3 is 2.70 bits per heavy atom. The molecule has 0 amide bonds. The summed E-state index contributed by atoms with van der Waals surface area (Å²) in [7, 11) is 0. The lowest BCUT2D eigenvalue weighted by molar-refractivity contribution is -0.0552. The van der Waals surface area contributed by atoms with Crippen LogP contribution in [0.3, 0.4) is 0 Å². The Labute approximate surface area is 261 Å². The van der Waals surface area contributed by atoms with Gasteiger partial charge in [-0.25, -0.2) is 19.4 Å². The molecule has 4 aliphatic heterocycles. The molecule has 44 heavy (non-hydrogen) atoms. The highest BCUT2D eigenvalue weighted by atomic mass is 32.9. The molecule has 0 aliphatic carbocycles. The number of H-pyrrole nitrogens is 1. The largest absolute Gasteiger partial charge is 0.369 e. The molecule has 0 aromatic carbocycles. The molecule has 23 heteroatoms. The highest BCUT2D eigenvalue weighted by Crippen LogP contribution is 2.59. The molecule has 3 saturated heterocycles. The number of ether oxygens (including phenoxy) is 2. The smallest absolute Gasteiger partial charge is 0.325 e. The minimum Gasteiger partial charge on any atom is -0.369 e. The van der Waals surface area contributed by atoms with Crippen LogP contribution in [0.15, 0.2) is 22.4 Å². The van der Waals surface area contributed by atoms with Gasteiger partial charge in [0.05, 0.1) is 32.0 Å². The van der Waals surface area contributed by atoms with E-state index in [0.717, 1.165) is 0 Å². The quantitative estimate of drug-likeness (QED) is 0.220. The monoisotopic (exact) mass is 708 g/mol. The van der Waals surface area contributed by atoms with E-state index in [1.54, 1.807) is 0 Å². The van der Waals surface area contributed by atoms with Crippen LogP contribution in [0.2, 0.25) is 0 Å². The minimum absolute atomic E-state index is 0.0189. The number of carbonyl (C=O) groups is 1. The molecule has 2 bridgehead atoms. The van der Waals surface area contributed by atoms with E-state index in [1.165, 1.54) is 28.0 Å². The first-order valence-electron chi connectivity index (χ1n) is 13.0. The van der Waals surface area contributed by atoms with Crippen LogP contribution in [0.4, 0.5) is 16.2 Å². The van der Waals surface area contributed by atoms with Crippen molar-refractivity contribution in [3.63, 3.8) is 0 Å². The van der Waals surface area contributed by atoms with Gasteiger partial charge in [0.2, 0.25) is 11.6 Å². The summed E-state index contributed by atoms with van der Waals surface area (Å²) in [4.78, 5) is 54.5. The van der Waals surface area contributed by atoms with Gasteiger partial charge in [0.1, 0.15) is 18.3 Å². The first-order chi connectivity index (χ1) is 20.9. The van der Waals surface area contributed by atoms with Crippen LogP contribution >= 0.6 is 24.7 Å². The van der Waals surface area contributed by atoms with Gasteiger partial charge >= 0.3 is 6.72 Å². The second-order valence-electron chi connectivity index (χ2n) is 10.2. The number of aromatic amines is 1. The van der Waals surface area contributed by atoms with E-state index in [1.807, 2.05) is 0 Å². The average molecular weight is 709 g/mol. The van der Waals surface area contributed by atoms with E-state index in [-0.39, 0.29) is 60.5 Å². The van der Waals surface area contributed by atoms with Crippen LogP contribution in [0.25, 0.3) is 11.2 Å². The van der Waals surface area contributed by atoms with Crippen LogP contribution in [-0.2, 0) is 51.2 Å². The van der Waals surface area contributed by atoms with Crippen LogP contribution in [-0.4, -0.2) is 89.8 Å². The number of thiol groups is 1. The molecule has 236 valence electrons. The van der Waals surface area contributed by atoms with Crippen molar-refractivity contribution >= 4 is 83.2 Å². The van der Waals surface area contributed by atoms with E-state index in [2.05, 4.69) is 37.2 Å². The number of anilines is 1. The molecule has 2 unspecified atom stereocenters. The lowest BCUT2D eigenvalue weighted by Gasteiger charge is -2.28. The zero-order valence-electron chi connectivity index (χ0n) is 22.1. The number of aliphatic imine (C=N–C) groups is 1. The predicted octanol–water partition coefficient (Wildman–Crippen LogP) is 1.60. The van der Waals surface area contributed by atoms with Crippen molar-refractivity contribution in [2.75, 3.05) is 18.9 Å². The van der Waals surface area contributed by atoms with Crippen LogP contribution < -0.4 is 11.3 Å². The summed E-state index contributed by atoms with van der Waals surface area (Å²) in [5.74, 6) is -0.287. The number of ketones is 1. The molecule has 7 rings (SSSR count). The third kappa shape index (κ3) is 5.62. The third-order valence-electron chi connectivity index (χ3n) is 7.28. The maximum atomic E-state index is 16.0. The van der Waals surface area contributed by atoms with Crippen molar-refractivity contribution < 1.29 is 41.6 Å². The molecule has 9 atom stereocenters. The lowest BCUT2D eigenvalue weighted by atomic mass is 10.1. The summed E-state index contributed by atoms with van der Waals surface area (Å²) in [5, 5.41) is 0. The summed E-state index contributed by atoms with van der Waals surface area (Å²) in [6.07, 6.45) is -4.21. The maximum Gasteiger partial charge on any atom is 0.325 e. The summed E-state index contributed by atoms with van der Waals surface area (Å²) >= 11 is 15.3. The molecule has 4 N–H and O–H groups in total. The van der Waals surface area contributed by atoms with Crippen molar-refractivity contribution in [2.45, 2.75) is 55.9 Å². The normalized spacial score (nSPS) is 37.7. The van der Waals surface area contributed by atoms with E-state index in [9.17, 15) is 14.5 Å². The molecule has 0 spiro atoms. The maximum absolute atomic E-state index is 16.0. The van der Waals surface area contributed by atoms with Gasteiger partial charge in [-0.15, -0.1) is 0 Å². The second kappa shape index (κ2) is 11.4. The summed E-state index contributed by atoms with van der Waals surface area (Å²) in [5.41, 5.74) is 2.04. The molecular formula is C21H23FN8O9P2S3. The van der Waals surface area contributed by atoms with E-state index in [4.69, 9.17) is 56.9 Å². The fraction of sp³-hybridized carbons (Fsp3) is 0.524. The van der Waals surface area contributed by atoms with Gasteiger partial charge in [0, 0.05) is 19.1 Å². The van der Waals surface area contributed by atoms with Gasteiger partial charge < -0.3 is 33.7 Å².